The Morgan fingerprint density at radius 3 is 2.55 bits per heavy atom. The number of hydrazone groups is 1. The number of benzene rings is 2. The molecule has 0 aromatic heterocycles. The van der Waals surface area contributed by atoms with Gasteiger partial charge >= 0.3 is 5.97 Å². The van der Waals surface area contributed by atoms with E-state index in [0.29, 0.717) is 5.69 Å². The van der Waals surface area contributed by atoms with E-state index in [9.17, 15) is 14.3 Å². The first-order valence-corrected chi connectivity index (χ1v) is 6.97. The second kappa shape index (κ2) is 7.04. The molecule has 5 nitrogen and oxygen atoms in total. The number of nitrogens with one attached hydrogen (secondary N) is 1. The van der Waals surface area contributed by atoms with Gasteiger partial charge in [0, 0.05) is 10.0 Å². The van der Waals surface area contributed by atoms with E-state index in [1.807, 2.05) is 0 Å². The van der Waals surface area contributed by atoms with Crippen molar-refractivity contribution >= 4 is 33.3 Å². The van der Waals surface area contributed by atoms with Gasteiger partial charge in [0.15, 0.2) is 17.3 Å². The summed E-state index contributed by atoms with van der Waals surface area (Å²) in [6.07, 6.45) is 0. The molecule has 0 spiro atoms. The van der Waals surface area contributed by atoms with Crippen LogP contribution < -0.4 is 10.2 Å². The predicted octanol–water partition coefficient (Wildman–Crippen LogP) is 3.50. The first kappa shape index (κ1) is 16.0. The molecule has 2 aromatic rings. The molecule has 2 rings (SSSR count). The first-order chi connectivity index (χ1) is 10.5. The van der Waals surface area contributed by atoms with Crippen molar-refractivity contribution in [2.24, 2.45) is 5.10 Å². The smallest absolute Gasteiger partial charge is 0.356 e. The SMILES string of the molecule is COc1cc(C(=NNc2ccc(Br)cc2)C(=O)O)ccc1F. The number of ether oxygens (including phenoxy) is 1. The number of aliphatic carboxylic acids is 1. The Labute approximate surface area is 134 Å². The van der Waals surface area contributed by atoms with Crippen molar-refractivity contribution in [3.63, 3.8) is 0 Å². The highest BCUT2D eigenvalue weighted by molar-refractivity contribution is 9.10. The number of carbonyl (C=O) groups is 1. The Morgan fingerprint density at radius 1 is 1.27 bits per heavy atom. The summed E-state index contributed by atoms with van der Waals surface area (Å²) >= 11 is 3.30. The lowest BCUT2D eigenvalue weighted by Crippen LogP contribution is -2.16. The maximum absolute atomic E-state index is 13.4. The summed E-state index contributed by atoms with van der Waals surface area (Å²) in [6.45, 7) is 0. The number of halogens is 2. The molecule has 0 heterocycles. The average molecular weight is 367 g/mol. The molecule has 0 bridgehead atoms. The van der Waals surface area contributed by atoms with Gasteiger partial charge in [0.2, 0.25) is 0 Å². The second-order valence-electron chi connectivity index (χ2n) is 4.23. The van der Waals surface area contributed by atoms with Crippen LogP contribution in [0.3, 0.4) is 0 Å². The molecule has 0 aliphatic rings. The lowest BCUT2D eigenvalue weighted by molar-refractivity contribution is -0.129. The molecule has 0 saturated carbocycles. The minimum absolute atomic E-state index is 0.0462. The molecule has 0 unspecified atom stereocenters. The Bertz CT molecular complexity index is 717. The number of carboxylic acids is 1. The molecule has 2 N–H and O–H groups in total. The summed E-state index contributed by atoms with van der Waals surface area (Å²) in [5.41, 5.74) is 3.26. The standard InChI is InChI=1S/C15H12BrFN2O3/c1-22-13-8-9(2-7-12(13)17)14(15(20)21)19-18-11-5-3-10(16)4-6-11/h2-8,18H,1H3,(H,20,21). The van der Waals surface area contributed by atoms with E-state index in [1.54, 1.807) is 24.3 Å². The van der Waals surface area contributed by atoms with E-state index in [1.165, 1.54) is 19.2 Å². The molecule has 0 fully saturated rings. The zero-order valence-electron chi connectivity index (χ0n) is 11.5. The summed E-state index contributed by atoms with van der Waals surface area (Å²) in [5.74, 6) is -1.86. The largest absolute Gasteiger partial charge is 0.494 e. The molecular formula is C15H12BrFN2O3. The molecule has 0 aliphatic carbocycles. The fourth-order valence-electron chi connectivity index (χ4n) is 1.69. The molecule has 0 aliphatic heterocycles. The number of rotatable bonds is 5. The highest BCUT2D eigenvalue weighted by Crippen LogP contribution is 2.19. The van der Waals surface area contributed by atoms with Crippen molar-refractivity contribution in [2.75, 3.05) is 12.5 Å². The third kappa shape index (κ3) is 3.82. The van der Waals surface area contributed by atoms with Crippen molar-refractivity contribution in [3.8, 4) is 5.75 Å². The van der Waals surface area contributed by atoms with Gasteiger partial charge in [0.25, 0.3) is 0 Å². The van der Waals surface area contributed by atoms with Crippen molar-refractivity contribution in [1.82, 2.24) is 0 Å². The molecular weight excluding hydrogens is 355 g/mol. The maximum atomic E-state index is 13.4. The monoisotopic (exact) mass is 366 g/mol. The molecule has 0 amide bonds. The summed E-state index contributed by atoms with van der Waals surface area (Å²) in [7, 11) is 1.31. The van der Waals surface area contributed by atoms with Crippen LogP contribution in [0, 0.1) is 5.82 Å². The molecule has 0 atom stereocenters. The molecule has 0 radical (unpaired) electrons. The van der Waals surface area contributed by atoms with Gasteiger partial charge in [-0.1, -0.05) is 15.9 Å². The van der Waals surface area contributed by atoms with Gasteiger partial charge in [0.05, 0.1) is 12.8 Å². The topological polar surface area (TPSA) is 70.9 Å². The van der Waals surface area contributed by atoms with Gasteiger partial charge in [-0.05, 0) is 42.5 Å². The normalized spacial score (nSPS) is 11.1. The molecule has 2 aromatic carbocycles. The number of carboxylic acid groups (broad SMARTS) is 1. The summed E-state index contributed by atoms with van der Waals surface area (Å²) in [4.78, 5) is 11.3. The Balaban J connectivity index is 2.31. The second-order valence-corrected chi connectivity index (χ2v) is 5.15. The van der Waals surface area contributed by atoms with Gasteiger partial charge in [0.1, 0.15) is 0 Å². The van der Waals surface area contributed by atoms with Crippen molar-refractivity contribution in [2.45, 2.75) is 0 Å². The van der Waals surface area contributed by atoms with Crippen molar-refractivity contribution in [1.29, 1.82) is 0 Å². The number of hydrogen-bond donors (Lipinski definition) is 2. The number of nitrogens with zero attached hydrogens (tertiary/aromatic N) is 1. The van der Waals surface area contributed by atoms with Crippen LogP contribution in [0.25, 0.3) is 0 Å². The fourth-order valence-corrected chi connectivity index (χ4v) is 1.95. The van der Waals surface area contributed by atoms with Gasteiger partial charge in [-0.25, -0.2) is 9.18 Å². The highest BCUT2D eigenvalue weighted by atomic mass is 79.9. The molecule has 0 saturated heterocycles. The van der Waals surface area contributed by atoms with Crippen molar-refractivity contribution < 1.29 is 19.0 Å². The molecule has 114 valence electrons. The lowest BCUT2D eigenvalue weighted by Gasteiger charge is -2.07. The Hall–Kier alpha value is -2.41. The minimum Gasteiger partial charge on any atom is -0.494 e. The van der Waals surface area contributed by atoms with Gasteiger partial charge < -0.3 is 9.84 Å². The van der Waals surface area contributed by atoms with E-state index in [2.05, 4.69) is 26.5 Å². The number of hydrogen-bond acceptors (Lipinski definition) is 4. The molecule has 22 heavy (non-hydrogen) atoms. The van der Waals surface area contributed by atoms with Crippen LogP contribution in [0.15, 0.2) is 52.0 Å². The summed E-state index contributed by atoms with van der Waals surface area (Å²) in [5, 5.41) is 13.1. The Morgan fingerprint density at radius 2 is 1.95 bits per heavy atom. The zero-order chi connectivity index (χ0) is 16.1. The van der Waals surface area contributed by atoms with E-state index in [0.717, 1.165) is 10.5 Å². The predicted molar refractivity (Wildman–Crippen MR) is 84.9 cm³/mol. The Kier molecular flexibility index (Phi) is 5.11. The van der Waals surface area contributed by atoms with Gasteiger partial charge in [-0.3, -0.25) is 5.43 Å². The fraction of sp³-hybridized carbons (Fsp3) is 0.0667. The third-order valence-corrected chi connectivity index (χ3v) is 3.30. The van der Waals surface area contributed by atoms with E-state index in [-0.39, 0.29) is 17.0 Å². The van der Waals surface area contributed by atoms with Crippen LogP contribution in [0.1, 0.15) is 5.56 Å². The van der Waals surface area contributed by atoms with Crippen LogP contribution >= 0.6 is 15.9 Å². The van der Waals surface area contributed by atoms with Crippen LogP contribution in [-0.2, 0) is 4.79 Å². The minimum atomic E-state index is -1.24. The zero-order valence-corrected chi connectivity index (χ0v) is 13.1. The van der Waals surface area contributed by atoms with E-state index < -0.39 is 11.8 Å². The maximum Gasteiger partial charge on any atom is 0.356 e. The summed E-state index contributed by atoms with van der Waals surface area (Å²) < 4.78 is 19.1. The molecule has 7 heteroatoms. The first-order valence-electron chi connectivity index (χ1n) is 6.17. The lowest BCUT2D eigenvalue weighted by atomic mass is 10.1. The van der Waals surface area contributed by atoms with Crippen LogP contribution in [0.4, 0.5) is 10.1 Å². The highest BCUT2D eigenvalue weighted by Gasteiger charge is 2.15. The quantitative estimate of drug-likeness (QED) is 0.627. The van der Waals surface area contributed by atoms with Gasteiger partial charge in [-0.15, -0.1) is 0 Å². The van der Waals surface area contributed by atoms with Gasteiger partial charge in [-0.2, -0.15) is 5.10 Å². The summed E-state index contributed by atoms with van der Waals surface area (Å²) in [6, 6.07) is 10.8. The number of anilines is 1. The van der Waals surface area contributed by atoms with E-state index in [4.69, 9.17) is 4.74 Å². The van der Waals surface area contributed by atoms with Crippen LogP contribution in [0.2, 0.25) is 0 Å². The van der Waals surface area contributed by atoms with Crippen LogP contribution in [-0.4, -0.2) is 23.9 Å². The van der Waals surface area contributed by atoms with Crippen molar-refractivity contribution in [3.05, 3.63) is 58.3 Å². The third-order valence-electron chi connectivity index (χ3n) is 2.77. The average Bonchev–Trinajstić information content (AvgIpc) is 2.50. The number of methoxy groups -OCH3 is 1. The van der Waals surface area contributed by atoms with Crippen LogP contribution in [0.5, 0.6) is 5.75 Å². The van der Waals surface area contributed by atoms with E-state index >= 15 is 0 Å².